The van der Waals surface area contributed by atoms with Gasteiger partial charge in [-0.25, -0.2) is 4.68 Å². The van der Waals surface area contributed by atoms with E-state index in [0.29, 0.717) is 22.5 Å². The van der Waals surface area contributed by atoms with Gasteiger partial charge in [-0.1, -0.05) is 17.3 Å². The quantitative estimate of drug-likeness (QED) is 0.655. The standard InChI is InChI=1S/C17H14N4O4/c22-14-6-4-11(5-7-14)17(25)18-13-3-1-2-12(8-13)15-9-21(20-19-15)10-16(23)24/h1-9,22H,10H2,(H,18,25)(H,23,24). The van der Waals surface area contributed by atoms with Crippen LogP contribution in [0.15, 0.2) is 54.7 Å². The van der Waals surface area contributed by atoms with Crippen molar-refractivity contribution >= 4 is 17.6 Å². The fraction of sp³-hybridized carbons (Fsp3) is 0.0588. The van der Waals surface area contributed by atoms with Crippen molar-refractivity contribution < 1.29 is 19.8 Å². The van der Waals surface area contributed by atoms with Gasteiger partial charge in [-0.3, -0.25) is 9.59 Å². The summed E-state index contributed by atoms with van der Waals surface area (Å²) in [6.07, 6.45) is 1.52. The van der Waals surface area contributed by atoms with Crippen LogP contribution in [0.5, 0.6) is 5.75 Å². The molecule has 0 aliphatic rings. The third-order valence-corrected chi connectivity index (χ3v) is 3.38. The van der Waals surface area contributed by atoms with Gasteiger partial charge in [0.25, 0.3) is 5.91 Å². The first-order valence-corrected chi connectivity index (χ1v) is 7.34. The molecule has 126 valence electrons. The minimum Gasteiger partial charge on any atom is -0.508 e. The summed E-state index contributed by atoms with van der Waals surface area (Å²) < 4.78 is 1.22. The maximum atomic E-state index is 12.2. The van der Waals surface area contributed by atoms with Gasteiger partial charge >= 0.3 is 5.97 Å². The molecule has 1 heterocycles. The Kier molecular flexibility index (Phi) is 4.42. The zero-order valence-corrected chi connectivity index (χ0v) is 13.0. The SMILES string of the molecule is O=C(O)Cn1cc(-c2cccc(NC(=O)c3ccc(O)cc3)c2)nn1. The van der Waals surface area contributed by atoms with Crippen molar-refractivity contribution in [2.45, 2.75) is 6.54 Å². The number of amides is 1. The summed E-state index contributed by atoms with van der Waals surface area (Å²) in [5.41, 5.74) is 2.17. The maximum Gasteiger partial charge on any atom is 0.325 e. The number of aromatic hydroxyl groups is 1. The van der Waals surface area contributed by atoms with Crippen LogP contribution in [0, 0.1) is 0 Å². The molecule has 0 fully saturated rings. The number of phenols is 1. The molecule has 8 heteroatoms. The number of phenolic OH excluding ortho intramolecular Hbond substituents is 1. The highest BCUT2D eigenvalue weighted by atomic mass is 16.4. The first kappa shape index (κ1) is 16.2. The van der Waals surface area contributed by atoms with Gasteiger partial charge in [0.2, 0.25) is 0 Å². The topological polar surface area (TPSA) is 117 Å². The van der Waals surface area contributed by atoms with E-state index in [1.807, 2.05) is 0 Å². The average molecular weight is 338 g/mol. The van der Waals surface area contributed by atoms with Crippen molar-refractivity contribution in [3.05, 3.63) is 60.3 Å². The summed E-state index contributed by atoms with van der Waals surface area (Å²) in [5, 5.41) is 28.5. The number of hydrogen-bond acceptors (Lipinski definition) is 5. The molecule has 25 heavy (non-hydrogen) atoms. The predicted molar refractivity (Wildman–Crippen MR) is 89.2 cm³/mol. The number of nitrogens with one attached hydrogen (secondary N) is 1. The zero-order chi connectivity index (χ0) is 17.8. The van der Waals surface area contributed by atoms with E-state index in [9.17, 15) is 14.7 Å². The lowest BCUT2D eigenvalue weighted by molar-refractivity contribution is -0.137. The molecule has 3 rings (SSSR count). The molecular weight excluding hydrogens is 324 g/mol. The summed E-state index contributed by atoms with van der Waals surface area (Å²) in [6.45, 7) is -0.274. The molecule has 2 aromatic carbocycles. The van der Waals surface area contributed by atoms with Crippen molar-refractivity contribution in [1.29, 1.82) is 0 Å². The fourth-order valence-corrected chi connectivity index (χ4v) is 2.22. The normalized spacial score (nSPS) is 10.4. The van der Waals surface area contributed by atoms with Crippen LogP contribution in [-0.2, 0) is 11.3 Å². The second-order valence-electron chi connectivity index (χ2n) is 5.28. The van der Waals surface area contributed by atoms with E-state index in [1.54, 1.807) is 24.3 Å². The van der Waals surface area contributed by atoms with Gasteiger partial charge in [0.05, 0.1) is 6.20 Å². The Labute approximate surface area is 142 Å². The Balaban J connectivity index is 1.77. The number of carbonyl (C=O) groups is 2. The monoisotopic (exact) mass is 338 g/mol. The second kappa shape index (κ2) is 6.83. The Morgan fingerprint density at radius 3 is 2.60 bits per heavy atom. The summed E-state index contributed by atoms with van der Waals surface area (Å²) in [6, 6.07) is 12.9. The smallest absolute Gasteiger partial charge is 0.325 e. The van der Waals surface area contributed by atoms with Crippen LogP contribution in [0.2, 0.25) is 0 Å². The number of benzene rings is 2. The Hall–Kier alpha value is -3.68. The largest absolute Gasteiger partial charge is 0.508 e. The molecule has 1 amide bonds. The van der Waals surface area contributed by atoms with E-state index < -0.39 is 5.97 Å². The molecule has 0 saturated heterocycles. The van der Waals surface area contributed by atoms with E-state index in [1.165, 1.54) is 35.1 Å². The Morgan fingerprint density at radius 2 is 1.88 bits per heavy atom. The molecule has 3 N–H and O–H groups in total. The number of carboxylic acids is 1. The molecule has 8 nitrogen and oxygen atoms in total. The summed E-state index contributed by atoms with van der Waals surface area (Å²) >= 11 is 0. The van der Waals surface area contributed by atoms with Crippen molar-refractivity contribution in [2.75, 3.05) is 5.32 Å². The number of carbonyl (C=O) groups excluding carboxylic acids is 1. The molecule has 0 radical (unpaired) electrons. The third-order valence-electron chi connectivity index (χ3n) is 3.38. The van der Waals surface area contributed by atoms with Gasteiger partial charge in [0.1, 0.15) is 18.0 Å². The van der Waals surface area contributed by atoms with E-state index in [0.717, 1.165) is 0 Å². The molecule has 0 aliphatic carbocycles. The van der Waals surface area contributed by atoms with Gasteiger partial charge < -0.3 is 15.5 Å². The number of aliphatic carboxylic acids is 1. The maximum absolute atomic E-state index is 12.2. The van der Waals surface area contributed by atoms with Gasteiger partial charge in [-0.05, 0) is 36.4 Å². The Morgan fingerprint density at radius 1 is 1.12 bits per heavy atom. The molecule has 0 bridgehead atoms. The van der Waals surface area contributed by atoms with Crippen LogP contribution in [0.25, 0.3) is 11.3 Å². The van der Waals surface area contributed by atoms with Gasteiger partial charge in [0.15, 0.2) is 0 Å². The fourth-order valence-electron chi connectivity index (χ4n) is 2.22. The van der Waals surface area contributed by atoms with E-state index in [2.05, 4.69) is 15.6 Å². The van der Waals surface area contributed by atoms with Gasteiger partial charge in [0, 0.05) is 16.8 Å². The lowest BCUT2D eigenvalue weighted by Crippen LogP contribution is -2.11. The van der Waals surface area contributed by atoms with Crippen LogP contribution in [-0.4, -0.2) is 37.1 Å². The minimum atomic E-state index is -1.01. The minimum absolute atomic E-state index is 0.0861. The number of nitrogens with zero attached hydrogens (tertiary/aromatic N) is 3. The summed E-state index contributed by atoms with van der Waals surface area (Å²) in [5.74, 6) is -1.24. The highest BCUT2D eigenvalue weighted by Crippen LogP contribution is 2.21. The third kappa shape index (κ3) is 3.99. The molecule has 0 unspecified atom stereocenters. The number of aromatic nitrogens is 3. The number of hydrogen-bond donors (Lipinski definition) is 3. The lowest BCUT2D eigenvalue weighted by atomic mass is 10.1. The first-order chi connectivity index (χ1) is 12.0. The van der Waals surface area contributed by atoms with Crippen molar-refractivity contribution in [2.24, 2.45) is 0 Å². The highest BCUT2D eigenvalue weighted by Gasteiger charge is 2.09. The molecular formula is C17H14N4O4. The number of carboxylic acid groups (broad SMARTS) is 1. The first-order valence-electron chi connectivity index (χ1n) is 7.34. The summed E-state index contributed by atoms with van der Waals surface area (Å²) in [7, 11) is 0. The molecule has 0 aliphatic heterocycles. The van der Waals surface area contributed by atoms with Crippen molar-refractivity contribution in [1.82, 2.24) is 15.0 Å². The van der Waals surface area contributed by atoms with Crippen LogP contribution >= 0.6 is 0 Å². The van der Waals surface area contributed by atoms with E-state index >= 15 is 0 Å². The van der Waals surface area contributed by atoms with Crippen molar-refractivity contribution in [3.8, 4) is 17.0 Å². The lowest BCUT2D eigenvalue weighted by Gasteiger charge is -2.06. The van der Waals surface area contributed by atoms with Gasteiger partial charge in [-0.15, -0.1) is 5.10 Å². The van der Waals surface area contributed by atoms with Crippen molar-refractivity contribution in [3.63, 3.8) is 0 Å². The molecule has 0 atom stereocenters. The van der Waals surface area contributed by atoms with Crippen LogP contribution in [0.1, 0.15) is 10.4 Å². The number of anilines is 1. The zero-order valence-electron chi connectivity index (χ0n) is 13.0. The molecule has 3 aromatic rings. The summed E-state index contributed by atoms with van der Waals surface area (Å²) in [4.78, 5) is 22.9. The van der Waals surface area contributed by atoms with Crippen LogP contribution < -0.4 is 5.32 Å². The van der Waals surface area contributed by atoms with Crippen LogP contribution in [0.4, 0.5) is 5.69 Å². The van der Waals surface area contributed by atoms with Gasteiger partial charge in [-0.2, -0.15) is 0 Å². The highest BCUT2D eigenvalue weighted by molar-refractivity contribution is 6.04. The molecule has 1 aromatic heterocycles. The molecule has 0 spiro atoms. The average Bonchev–Trinajstić information content (AvgIpc) is 3.03. The van der Waals surface area contributed by atoms with E-state index in [4.69, 9.17) is 5.11 Å². The predicted octanol–water partition coefficient (Wildman–Crippen LogP) is 1.99. The second-order valence-corrected chi connectivity index (χ2v) is 5.28. The molecule has 0 saturated carbocycles. The Bertz CT molecular complexity index is 918. The number of rotatable bonds is 5. The van der Waals surface area contributed by atoms with E-state index in [-0.39, 0.29) is 18.2 Å². The van der Waals surface area contributed by atoms with Crippen LogP contribution in [0.3, 0.4) is 0 Å².